The molecule has 7 heteroatoms. The minimum absolute atomic E-state index is 0.0397. The van der Waals surface area contributed by atoms with E-state index in [0.29, 0.717) is 12.1 Å². The van der Waals surface area contributed by atoms with Gasteiger partial charge in [-0.3, -0.25) is 9.59 Å². The van der Waals surface area contributed by atoms with Gasteiger partial charge in [0.15, 0.2) is 5.96 Å². The quantitative estimate of drug-likeness (QED) is 0.451. The van der Waals surface area contributed by atoms with Gasteiger partial charge in [-0.05, 0) is 49.1 Å². The molecule has 0 fully saturated rings. The number of aliphatic imine (C=N–C) groups is 1. The second-order valence-corrected chi connectivity index (χ2v) is 6.43. The number of nitrogens with two attached hydrogens (primary N) is 2. The van der Waals surface area contributed by atoms with E-state index in [-0.39, 0.29) is 12.4 Å². The first-order chi connectivity index (χ1) is 12.8. The fraction of sp³-hybridized carbons (Fsp3) is 0.250. The Morgan fingerprint density at radius 2 is 1.81 bits per heavy atom. The van der Waals surface area contributed by atoms with Crippen LogP contribution in [0.1, 0.15) is 32.6 Å². The normalized spacial score (nSPS) is 12.5. The van der Waals surface area contributed by atoms with Crippen LogP contribution in [-0.2, 0) is 17.8 Å². The third-order valence-corrected chi connectivity index (χ3v) is 4.16. The first-order valence-electron chi connectivity index (χ1n) is 8.52. The van der Waals surface area contributed by atoms with Crippen LogP contribution in [0.4, 0.5) is 0 Å². The van der Waals surface area contributed by atoms with Gasteiger partial charge in [-0.1, -0.05) is 35.9 Å². The van der Waals surface area contributed by atoms with Crippen LogP contribution in [0.5, 0.6) is 0 Å². The molecule has 2 aromatic carbocycles. The third kappa shape index (κ3) is 5.93. The van der Waals surface area contributed by atoms with Crippen molar-refractivity contribution in [3.05, 3.63) is 70.3 Å². The topological polar surface area (TPSA) is 131 Å². The molecule has 0 radical (unpaired) electrons. The Hall–Kier alpha value is -3.19. The predicted molar refractivity (Wildman–Crippen MR) is 104 cm³/mol. The number of carboxylic acid groups (broad SMARTS) is 1. The number of amides is 1. The Kier molecular flexibility index (Phi) is 6.67. The highest BCUT2D eigenvalue weighted by atomic mass is 16.4. The lowest BCUT2D eigenvalue weighted by atomic mass is 10.0. The number of nitrogens with zero attached hydrogens (tertiary/aromatic N) is 1. The molecule has 1 atom stereocenters. The van der Waals surface area contributed by atoms with E-state index < -0.39 is 17.9 Å². The van der Waals surface area contributed by atoms with Crippen LogP contribution in [0, 0.1) is 13.8 Å². The van der Waals surface area contributed by atoms with Gasteiger partial charge in [-0.15, -0.1) is 0 Å². The second-order valence-electron chi connectivity index (χ2n) is 6.43. The van der Waals surface area contributed by atoms with Gasteiger partial charge in [-0.25, -0.2) is 0 Å². The number of rotatable bonds is 6. The molecule has 0 aliphatic heterocycles. The van der Waals surface area contributed by atoms with Gasteiger partial charge >= 0.3 is 5.97 Å². The Morgan fingerprint density at radius 3 is 2.44 bits per heavy atom. The molecule has 6 N–H and O–H groups in total. The lowest BCUT2D eigenvalue weighted by molar-refractivity contribution is -0.138. The molecular weight excluding hydrogens is 344 g/mol. The van der Waals surface area contributed by atoms with Crippen molar-refractivity contribution in [3.8, 4) is 0 Å². The van der Waals surface area contributed by atoms with Gasteiger partial charge in [0.2, 0.25) is 0 Å². The Labute approximate surface area is 158 Å². The van der Waals surface area contributed by atoms with Crippen molar-refractivity contribution in [1.29, 1.82) is 0 Å². The lowest BCUT2D eigenvalue weighted by Gasteiger charge is -2.09. The highest BCUT2D eigenvalue weighted by molar-refractivity contribution is 6.02. The van der Waals surface area contributed by atoms with Crippen LogP contribution in [0.3, 0.4) is 0 Å². The molecule has 0 aliphatic carbocycles. The number of carboxylic acids is 1. The Morgan fingerprint density at radius 1 is 1.15 bits per heavy atom. The van der Waals surface area contributed by atoms with E-state index in [0.717, 1.165) is 22.3 Å². The van der Waals surface area contributed by atoms with Crippen molar-refractivity contribution in [2.75, 3.05) is 0 Å². The minimum atomic E-state index is -1.07. The van der Waals surface area contributed by atoms with Crippen LogP contribution < -0.4 is 16.8 Å². The zero-order chi connectivity index (χ0) is 20.0. The zero-order valence-electron chi connectivity index (χ0n) is 15.4. The van der Waals surface area contributed by atoms with Crippen LogP contribution in [0.2, 0.25) is 0 Å². The number of hydrogen-bond acceptors (Lipinski definition) is 3. The molecule has 0 spiro atoms. The maximum Gasteiger partial charge on any atom is 0.320 e. The van der Waals surface area contributed by atoms with Crippen molar-refractivity contribution < 1.29 is 14.7 Å². The van der Waals surface area contributed by atoms with Crippen LogP contribution in [0.15, 0.2) is 47.5 Å². The molecule has 1 amide bonds. The minimum Gasteiger partial charge on any atom is -0.480 e. The monoisotopic (exact) mass is 368 g/mol. The average Bonchev–Trinajstić information content (AvgIpc) is 2.62. The number of nitrogens with one attached hydrogen (secondary N) is 1. The van der Waals surface area contributed by atoms with Crippen molar-refractivity contribution in [2.45, 2.75) is 32.9 Å². The number of hydrogen-bond donors (Lipinski definition) is 4. The van der Waals surface area contributed by atoms with Crippen LogP contribution >= 0.6 is 0 Å². The molecule has 0 aliphatic rings. The molecule has 0 heterocycles. The molecular formula is C20H24N4O3. The summed E-state index contributed by atoms with van der Waals surface area (Å²) in [6.07, 6.45) is 0.187. The molecule has 0 saturated carbocycles. The van der Waals surface area contributed by atoms with Gasteiger partial charge in [0.05, 0.1) is 0 Å². The fourth-order valence-electron chi connectivity index (χ4n) is 2.51. The molecule has 2 rings (SSSR count). The first kappa shape index (κ1) is 20.1. The summed E-state index contributed by atoms with van der Waals surface area (Å²) in [5.41, 5.74) is 15.8. The Bertz CT molecular complexity index is 860. The van der Waals surface area contributed by atoms with E-state index in [9.17, 15) is 9.59 Å². The molecule has 27 heavy (non-hydrogen) atoms. The summed E-state index contributed by atoms with van der Waals surface area (Å²) in [6, 6.07) is 11.6. The zero-order valence-corrected chi connectivity index (χ0v) is 15.4. The van der Waals surface area contributed by atoms with Crippen molar-refractivity contribution in [1.82, 2.24) is 5.32 Å². The summed E-state index contributed by atoms with van der Waals surface area (Å²) in [4.78, 5) is 26.8. The largest absolute Gasteiger partial charge is 0.480 e. The summed E-state index contributed by atoms with van der Waals surface area (Å²) in [5.74, 6) is -1.50. The number of aliphatic carboxylic acids is 1. The van der Waals surface area contributed by atoms with E-state index in [1.165, 1.54) is 0 Å². The molecule has 0 saturated heterocycles. The van der Waals surface area contributed by atoms with Gasteiger partial charge in [-0.2, -0.15) is 4.99 Å². The summed E-state index contributed by atoms with van der Waals surface area (Å²) in [6.45, 7) is 4.49. The second kappa shape index (κ2) is 8.95. The highest BCUT2D eigenvalue weighted by Crippen LogP contribution is 2.10. The molecule has 1 unspecified atom stereocenters. The van der Waals surface area contributed by atoms with Gasteiger partial charge < -0.3 is 21.9 Å². The molecule has 2 aromatic rings. The van der Waals surface area contributed by atoms with Crippen molar-refractivity contribution >= 4 is 17.8 Å². The number of guanidine groups is 1. The predicted octanol–water partition coefficient (Wildman–Crippen LogP) is 1.50. The van der Waals surface area contributed by atoms with Gasteiger partial charge in [0, 0.05) is 12.1 Å². The third-order valence-electron chi connectivity index (χ3n) is 4.16. The van der Waals surface area contributed by atoms with Crippen LogP contribution in [-0.4, -0.2) is 29.0 Å². The van der Waals surface area contributed by atoms with Crippen LogP contribution in [0.25, 0.3) is 0 Å². The molecule has 142 valence electrons. The number of carbonyl (C=O) groups excluding carboxylic acids is 1. The molecule has 7 nitrogen and oxygen atoms in total. The average molecular weight is 368 g/mol. The number of aryl methyl sites for hydroxylation is 2. The van der Waals surface area contributed by atoms with Gasteiger partial charge in [0.25, 0.3) is 5.91 Å². The van der Waals surface area contributed by atoms with Crippen molar-refractivity contribution in [3.63, 3.8) is 0 Å². The van der Waals surface area contributed by atoms with Gasteiger partial charge in [0.1, 0.15) is 6.04 Å². The molecule has 0 bridgehead atoms. The fourth-order valence-corrected chi connectivity index (χ4v) is 2.51. The lowest BCUT2D eigenvalue weighted by Crippen LogP contribution is -2.32. The maximum absolute atomic E-state index is 12.2. The van der Waals surface area contributed by atoms with E-state index in [1.54, 1.807) is 24.3 Å². The number of carbonyl (C=O) groups is 2. The summed E-state index contributed by atoms with van der Waals surface area (Å²) in [7, 11) is 0. The van der Waals surface area contributed by atoms with E-state index in [2.05, 4.69) is 16.4 Å². The highest BCUT2D eigenvalue weighted by Gasteiger charge is 2.12. The Balaban J connectivity index is 1.98. The maximum atomic E-state index is 12.2. The number of benzene rings is 2. The van der Waals surface area contributed by atoms with E-state index in [4.69, 9.17) is 16.6 Å². The van der Waals surface area contributed by atoms with E-state index >= 15 is 0 Å². The molecule has 0 aromatic heterocycles. The SMILES string of the molecule is Cc1ccc(C)c(CNC(N)=NC(=O)c2ccc(CC(N)C(=O)O)cc2)c1. The smallest absolute Gasteiger partial charge is 0.320 e. The summed E-state index contributed by atoms with van der Waals surface area (Å²) >= 11 is 0. The van der Waals surface area contributed by atoms with E-state index in [1.807, 2.05) is 26.0 Å². The summed E-state index contributed by atoms with van der Waals surface area (Å²) in [5, 5.41) is 11.8. The van der Waals surface area contributed by atoms with Crippen molar-refractivity contribution in [2.24, 2.45) is 16.5 Å². The summed E-state index contributed by atoms with van der Waals surface area (Å²) < 4.78 is 0. The first-order valence-corrected chi connectivity index (χ1v) is 8.52. The standard InChI is InChI=1S/C20H24N4O3/c1-12-3-4-13(2)16(9-12)11-23-20(22)24-18(25)15-7-5-14(6-8-15)10-17(21)19(26)27/h3-9,17H,10-11,21H2,1-2H3,(H,26,27)(H3,22,23,24,25).